The topological polar surface area (TPSA) is 38.3 Å². The summed E-state index contributed by atoms with van der Waals surface area (Å²) in [5, 5.41) is 3.11. The summed E-state index contributed by atoms with van der Waals surface area (Å²) in [5.41, 5.74) is 3.67. The number of aryl methyl sites for hydroxylation is 2. The van der Waals surface area contributed by atoms with Gasteiger partial charge in [0.2, 0.25) is 0 Å². The molecule has 3 aromatic rings. The molecular formula is C23H21NO2. The van der Waals surface area contributed by atoms with Gasteiger partial charge in [-0.1, -0.05) is 35.9 Å². The first-order valence-corrected chi connectivity index (χ1v) is 8.49. The molecule has 0 amide bonds. The number of ketones is 1. The standard InChI is InChI=1S/C23H21NO2/c1-17-8-9-18(2)22(16-17)23(25)14-15-24-19-10-12-21(13-11-19)26-20-6-4-3-5-7-20/h3-16,24H,1-2H3. The van der Waals surface area contributed by atoms with Crippen molar-refractivity contribution in [3.63, 3.8) is 0 Å². The first-order valence-electron chi connectivity index (χ1n) is 8.49. The van der Waals surface area contributed by atoms with Gasteiger partial charge in [0.25, 0.3) is 0 Å². The first kappa shape index (κ1) is 17.5. The van der Waals surface area contributed by atoms with Gasteiger partial charge in [-0.3, -0.25) is 4.79 Å². The molecule has 0 aromatic heterocycles. The lowest BCUT2D eigenvalue weighted by Gasteiger charge is -2.07. The van der Waals surface area contributed by atoms with Crippen LogP contribution >= 0.6 is 0 Å². The third kappa shape index (κ3) is 4.61. The van der Waals surface area contributed by atoms with Crippen LogP contribution in [-0.4, -0.2) is 5.78 Å². The highest BCUT2D eigenvalue weighted by atomic mass is 16.5. The number of benzene rings is 3. The lowest BCUT2D eigenvalue weighted by molar-refractivity contribution is 0.104. The number of ether oxygens (including phenoxy) is 1. The van der Waals surface area contributed by atoms with E-state index in [0.29, 0.717) is 0 Å². The van der Waals surface area contributed by atoms with Crippen LogP contribution in [0.5, 0.6) is 11.5 Å². The van der Waals surface area contributed by atoms with Gasteiger partial charge in [0.15, 0.2) is 5.78 Å². The molecule has 0 aliphatic heterocycles. The molecule has 0 heterocycles. The van der Waals surface area contributed by atoms with E-state index in [9.17, 15) is 4.79 Å². The van der Waals surface area contributed by atoms with E-state index in [1.54, 1.807) is 12.3 Å². The van der Waals surface area contributed by atoms with Gasteiger partial charge in [-0.05, 0) is 61.9 Å². The predicted molar refractivity (Wildman–Crippen MR) is 106 cm³/mol. The smallest absolute Gasteiger partial charge is 0.187 e. The molecule has 0 saturated heterocycles. The van der Waals surface area contributed by atoms with Gasteiger partial charge in [-0.25, -0.2) is 0 Å². The maximum absolute atomic E-state index is 12.3. The van der Waals surface area contributed by atoms with E-state index in [1.807, 2.05) is 86.6 Å². The molecule has 0 fully saturated rings. The zero-order valence-corrected chi connectivity index (χ0v) is 14.9. The number of para-hydroxylation sites is 1. The Morgan fingerprint density at radius 3 is 2.31 bits per heavy atom. The third-order valence-electron chi connectivity index (χ3n) is 3.98. The normalized spacial score (nSPS) is 10.7. The van der Waals surface area contributed by atoms with Crippen LogP contribution in [0.25, 0.3) is 0 Å². The zero-order chi connectivity index (χ0) is 18.4. The van der Waals surface area contributed by atoms with Crippen LogP contribution in [0.3, 0.4) is 0 Å². The van der Waals surface area contributed by atoms with E-state index in [4.69, 9.17) is 4.74 Å². The second-order valence-electron chi connectivity index (χ2n) is 6.10. The molecule has 3 aromatic carbocycles. The number of nitrogens with one attached hydrogen (secondary N) is 1. The summed E-state index contributed by atoms with van der Waals surface area (Å²) < 4.78 is 5.76. The molecule has 3 heteroatoms. The maximum atomic E-state index is 12.3. The molecule has 0 atom stereocenters. The Bertz CT molecular complexity index is 913. The van der Waals surface area contributed by atoms with E-state index < -0.39 is 0 Å². The minimum absolute atomic E-state index is 0.0114. The summed E-state index contributed by atoms with van der Waals surface area (Å²) in [6.45, 7) is 3.93. The Kier molecular flexibility index (Phi) is 5.49. The number of carbonyl (C=O) groups excluding carboxylic acids is 1. The summed E-state index contributed by atoms with van der Waals surface area (Å²) in [7, 11) is 0. The highest BCUT2D eigenvalue weighted by molar-refractivity contribution is 6.05. The average molecular weight is 343 g/mol. The molecule has 0 radical (unpaired) electrons. The molecule has 0 spiro atoms. The second kappa shape index (κ2) is 8.17. The van der Waals surface area contributed by atoms with Gasteiger partial charge in [0.05, 0.1) is 0 Å². The Labute approximate surface area is 154 Å². The summed E-state index contributed by atoms with van der Waals surface area (Å²) in [6, 6.07) is 23.1. The van der Waals surface area contributed by atoms with Crippen molar-refractivity contribution >= 4 is 11.5 Å². The number of carbonyl (C=O) groups is 1. The minimum atomic E-state index is -0.0114. The third-order valence-corrected chi connectivity index (χ3v) is 3.98. The van der Waals surface area contributed by atoms with Crippen LogP contribution in [0.1, 0.15) is 21.5 Å². The van der Waals surface area contributed by atoms with Crippen molar-refractivity contribution < 1.29 is 9.53 Å². The molecular weight excluding hydrogens is 322 g/mol. The fourth-order valence-electron chi connectivity index (χ4n) is 2.55. The Balaban J connectivity index is 1.60. The van der Waals surface area contributed by atoms with Crippen LogP contribution in [0.4, 0.5) is 5.69 Å². The molecule has 0 aliphatic carbocycles. The fraction of sp³-hybridized carbons (Fsp3) is 0.0870. The van der Waals surface area contributed by atoms with E-state index in [2.05, 4.69) is 5.32 Å². The summed E-state index contributed by atoms with van der Waals surface area (Å²) >= 11 is 0. The molecule has 3 rings (SSSR count). The summed E-state index contributed by atoms with van der Waals surface area (Å²) in [5.74, 6) is 1.55. The van der Waals surface area contributed by atoms with Gasteiger partial charge in [0, 0.05) is 23.5 Å². The largest absolute Gasteiger partial charge is 0.457 e. The fourth-order valence-corrected chi connectivity index (χ4v) is 2.55. The molecule has 26 heavy (non-hydrogen) atoms. The molecule has 0 bridgehead atoms. The Hall–Kier alpha value is -3.33. The quantitative estimate of drug-likeness (QED) is 0.447. The number of allylic oxidation sites excluding steroid dienone is 1. The zero-order valence-electron chi connectivity index (χ0n) is 14.9. The molecule has 130 valence electrons. The Morgan fingerprint density at radius 2 is 1.58 bits per heavy atom. The van der Waals surface area contributed by atoms with Crippen molar-refractivity contribution in [1.29, 1.82) is 0 Å². The van der Waals surface area contributed by atoms with Gasteiger partial charge < -0.3 is 10.1 Å². The molecule has 0 saturated carbocycles. The number of hydrogen-bond acceptors (Lipinski definition) is 3. The van der Waals surface area contributed by atoms with Crippen molar-refractivity contribution in [2.75, 3.05) is 5.32 Å². The van der Waals surface area contributed by atoms with E-state index in [0.717, 1.165) is 33.9 Å². The summed E-state index contributed by atoms with van der Waals surface area (Å²) in [4.78, 5) is 12.3. The van der Waals surface area contributed by atoms with Crippen LogP contribution < -0.4 is 10.1 Å². The second-order valence-corrected chi connectivity index (χ2v) is 6.10. The SMILES string of the molecule is Cc1ccc(C)c(C(=O)C=CNc2ccc(Oc3ccccc3)cc2)c1. The van der Waals surface area contributed by atoms with Crippen molar-refractivity contribution in [2.24, 2.45) is 0 Å². The molecule has 0 unspecified atom stereocenters. The number of hydrogen-bond donors (Lipinski definition) is 1. The van der Waals surface area contributed by atoms with Gasteiger partial charge in [-0.15, -0.1) is 0 Å². The number of anilines is 1. The van der Waals surface area contributed by atoms with E-state index in [1.165, 1.54) is 0 Å². The van der Waals surface area contributed by atoms with Gasteiger partial charge >= 0.3 is 0 Å². The van der Waals surface area contributed by atoms with Crippen LogP contribution in [-0.2, 0) is 0 Å². The van der Waals surface area contributed by atoms with Crippen LogP contribution in [0.2, 0.25) is 0 Å². The predicted octanol–water partition coefficient (Wildman–Crippen LogP) is 5.90. The van der Waals surface area contributed by atoms with Gasteiger partial charge in [-0.2, -0.15) is 0 Å². The van der Waals surface area contributed by atoms with Gasteiger partial charge in [0.1, 0.15) is 11.5 Å². The van der Waals surface area contributed by atoms with E-state index in [-0.39, 0.29) is 5.78 Å². The lowest BCUT2D eigenvalue weighted by atomic mass is 10.0. The van der Waals surface area contributed by atoms with Crippen LogP contribution in [0.15, 0.2) is 85.1 Å². The molecule has 0 aliphatic rings. The van der Waals surface area contributed by atoms with Crippen LogP contribution in [0, 0.1) is 13.8 Å². The first-order chi connectivity index (χ1) is 12.6. The lowest BCUT2D eigenvalue weighted by Crippen LogP contribution is -1.99. The Morgan fingerprint density at radius 1 is 0.885 bits per heavy atom. The van der Waals surface area contributed by atoms with E-state index >= 15 is 0 Å². The highest BCUT2D eigenvalue weighted by Crippen LogP contribution is 2.22. The van der Waals surface area contributed by atoms with Crippen molar-refractivity contribution in [3.8, 4) is 11.5 Å². The van der Waals surface area contributed by atoms with Crippen molar-refractivity contribution in [3.05, 3.63) is 102 Å². The van der Waals surface area contributed by atoms with Crippen molar-refractivity contribution in [1.82, 2.24) is 0 Å². The minimum Gasteiger partial charge on any atom is -0.457 e. The highest BCUT2D eigenvalue weighted by Gasteiger charge is 2.05. The molecule has 1 N–H and O–H groups in total. The van der Waals surface area contributed by atoms with Crippen molar-refractivity contribution in [2.45, 2.75) is 13.8 Å². The number of rotatable bonds is 6. The summed E-state index contributed by atoms with van der Waals surface area (Å²) in [6.07, 6.45) is 3.22. The maximum Gasteiger partial charge on any atom is 0.187 e. The monoisotopic (exact) mass is 343 g/mol. The molecule has 3 nitrogen and oxygen atoms in total. The average Bonchev–Trinajstić information content (AvgIpc) is 2.66.